The molecular formula is C14H23NO4. The molecular weight excluding hydrogens is 246 g/mol. The summed E-state index contributed by atoms with van der Waals surface area (Å²) in [5.41, 5.74) is -0.647. The first-order valence-electron chi connectivity index (χ1n) is 6.95. The molecule has 19 heavy (non-hydrogen) atoms. The van der Waals surface area contributed by atoms with Gasteiger partial charge < -0.3 is 15.5 Å². The first-order valence-corrected chi connectivity index (χ1v) is 6.95. The number of carboxylic acid groups (broad SMARTS) is 1. The zero-order valence-corrected chi connectivity index (χ0v) is 11.6. The Bertz CT molecular complexity index is 385. The molecule has 0 radical (unpaired) electrons. The first kappa shape index (κ1) is 14.3. The quantitative estimate of drug-likeness (QED) is 0.695. The monoisotopic (exact) mass is 269 g/mol. The molecule has 2 saturated carbocycles. The van der Waals surface area contributed by atoms with Crippen LogP contribution in [-0.4, -0.2) is 35.2 Å². The number of carboxylic acids is 1. The van der Waals surface area contributed by atoms with E-state index in [0.717, 1.165) is 25.7 Å². The average Bonchev–Trinajstić information content (AvgIpc) is 2.74. The van der Waals surface area contributed by atoms with Crippen molar-refractivity contribution in [3.05, 3.63) is 0 Å². The summed E-state index contributed by atoms with van der Waals surface area (Å²) in [5, 5.41) is 21.4. The Morgan fingerprint density at radius 3 is 2.21 bits per heavy atom. The molecule has 2 aliphatic rings. The number of hydrogen-bond donors (Lipinski definition) is 3. The molecule has 0 unspecified atom stereocenters. The summed E-state index contributed by atoms with van der Waals surface area (Å²) >= 11 is 0. The lowest BCUT2D eigenvalue weighted by Gasteiger charge is -2.26. The number of aliphatic hydroxyl groups is 1. The van der Waals surface area contributed by atoms with Crippen molar-refractivity contribution in [2.24, 2.45) is 22.7 Å². The van der Waals surface area contributed by atoms with Gasteiger partial charge in [0.05, 0.1) is 18.4 Å². The third kappa shape index (κ3) is 2.48. The fraction of sp³-hybridized carbons (Fsp3) is 0.857. The molecule has 2 atom stereocenters. The first-order chi connectivity index (χ1) is 8.84. The van der Waals surface area contributed by atoms with Gasteiger partial charge in [-0.15, -0.1) is 0 Å². The van der Waals surface area contributed by atoms with Crippen LogP contribution in [0.5, 0.6) is 0 Å². The summed E-state index contributed by atoms with van der Waals surface area (Å²) in [6, 6.07) is 0. The molecule has 2 aliphatic carbocycles. The van der Waals surface area contributed by atoms with E-state index < -0.39 is 23.2 Å². The summed E-state index contributed by atoms with van der Waals surface area (Å²) in [6.07, 6.45) is 4.03. The maximum Gasteiger partial charge on any atom is 0.307 e. The second-order valence-electron chi connectivity index (χ2n) is 6.70. The topological polar surface area (TPSA) is 86.6 Å². The van der Waals surface area contributed by atoms with E-state index >= 15 is 0 Å². The SMILES string of the molecule is CC1(C)[C@H](C(=O)O)[C@@H]1C(=O)NCC1(CO)CCCC1. The zero-order chi connectivity index (χ0) is 14.3. The van der Waals surface area contributed by atoms with Crippen LogP contribution in [0.25, 0.3) is 0 Å². The molecule has 0 saturated heterocycles. The number of hydrogen-bond acceptors (Lipinski definition) is 3. The van der Waals surface area contributed by atoms with E-state index in [1.54, 1.807) is 0 Å². The van der Waals surface area contributed by atoms with Gasteiger partial charge in [0.25, 0.3) is 0 Å². The summed E-state index contributed by atoms with van der Waals surface area (Å²) < 4.78 is 0. The molecule has 3 N–H and O–H groups in total. The third-order valence-electron chi connectivity index (χ3n) is 5.01. The van der Waals surface area contributed by atoms with Crippen molar-refractivity contribution in [2.45, 2.75) is 39.5 Å². The van der Waals surface area contributed by atoms with Crippen molar-refractivity contribution < 1.29 is 19.8 Å². The standard InChI is InChI=1S/C14H23NO4/c1-13(2)9(10(13)12(18)19)11(17)15-7-14(8-16)5-3-4-6-14/h9-10,16H,3-8H2,1-2H3,(H,15,17)(H,18,19)/t9-,10+/m1/s1. The normalized spacial score (nSPS) is 30.9. The van der Waals surface area contributed by atoms with E-state index in [-0.39, 0.29) is 17.9 Å². The minimum Gasteiger partial charge on any atom is -0.481 e. The highest BCUT2D eigenvalue weighted by molar-refractivity contribution is 5.91. The minimum atomic E-state index is -0.900. The molecule has 0 spiro atoms. The second-order valence-corrected chi connectivity index (χ2v) is 6.70. The molecule has 1 amide bonds. The fourth-order valence-electron chi connectivity index (χ4n) is 3.49. The van der Waals surface area contributed by atoms with Gasteiger partial charge in [-0.05, 0) is 18.3 Å². The maximum atomic E-state index is 12.1. The van der Waals surface area contributed by atoms with Crippen LogP contribution in [0.4, 0.5) is 0 Å². The van der Waals surface area contributed by atoms with Gasteiger partial charge in [0, 0.05) is 12.0 Å². The van der Waals surface area contributed by atoms with E-state index in [2.05, 4.69) is 5.32 Å². The maximum absolute atomic E-state index is 12.1. The van der Waals surface area contributed by atoms with E-state index in [4.69, 9.17) is 5.11 Å². The van der Waals surface area contributed by atoms with Crippen molar-refractivity contribution in [1.82, 2.24) is 5.32 Å². The Morgan fingerprint density at radius 2 is 1.79 bits per heavy atom. The summed E-state index contributed by atoms with van der Waals surface area (Å²) in [6.45, 7) is 4.17. The van der Waals surface area contributed by atoms with Crippen LogP contribution in [-0.2, 0) is 9.59 Å². The van der Waals surface area contributed by atoms with Crippen LogP contribution in [0, 0.1) is 22.7 Å². The largest absolute Gasteiger partial charge is 0.481 e. The van der Waals surface area contributed by atoms with Gasteiger partial charge in [-0.2, -0.15) is 0 Å². The predicted molar refractivity (Wildman–Crippen MR) is 69.4 cm³/mol. The Morgan fingerprint density at radius 1 is 1.21 bits per heavy atom. The van der Waals surface area contributed by atoms with Gasteiger partial charge in [0.1, 0.15) is 0 Å². The Labute approximate surface area is 113 Å². The van der Waals surface area contributed by atoms with E-state index in [0.29, 0.717) is 6.54 Å². The lowest BCUT2D eigenvalue weighted by molar-refractivity contribution is -0.140. The van der Waals surface area contributed by atoms with Crippen LogP contribution in [0.1, 0.15) is 39.5 Å². The van der Waals surface area contributed by atoms with Crippen molar-refractivity contribution in [1.29, 1.82) is 0 Å². The van der Waals surface area contributed by atoms with Crippen LogP contribution < -0.4 is 5.32 Å². The van der Waals surface area contributed by atoms with Crippen molar-refractivity contribution in [3.63, 3.8) is 0 Å². The summed E-state index contributed by atoms with van der Waals surface area (Å²) in [4.78, 5) is 23.1. The molecule has 0 aliphatic heterocycles. The van der Waals surface area contributed by atoms with Crippen LogP contribution in [0.15, 0.2) is 0 Å². The van der Waals surface area contributed by atoms with Gasteiger partial charge in [0.15, 0.2) is 0 Å². The van der Waals surface area contributed by atoms with Gasteiger partial charge in [-0.3, -0.25) is 9.59 Å². The lowest BCUT2D eigenvalue weighted by atomic mass is 9.87. The number of rotatable bonds is 5. The molecule has 2 fully saturated rings. The molecule has 5 nitrogen and oxygen atoms in total. The van der Waals surface area contributed by atoms with Crippen molar-refractivity contribution in [2.75, 3.05) is 13.2 Å². The van der Waals surface area contributed by atoms with Crippen LogP contribution in [0.2, 0.25) is 0 Å². The number of aliphatic hydroxyl groups excluding tert-OH is 1. The van der Waals surface area contributed by atoms with Gasteiger partial charge in [0.2, 0.25) is 5.91 Å². The van der Waals surface area contributed by atoms with Gasteiger partial charge in [-0.1, -0.05) is 26.7 Å². The molecule has 2 rings (SSSR count). The van der Waals surface area contributed by atoms with Gasteiger partial charge >= 0.3 is 5.97 Å². The lowest BCUT2D eigenvalue weighted by Crippen LogP contribution is -2.39. The number of carbonyl (C=O) groups excluding carboxylic acids is 1. The van der Waals surface area contributed by atoms with Crippen LogP contribution >= 0.6 is 0 Å². The molecule has 0 heterocycles. The smallest absolute Gasteiger partial charge is 0.307 e. The number of carbonyl (C=O) groups is 2. The van der Waals surface area contributed by atoms with E-state index in [1.165, 1.54) is 0 Å². The number of amides is 1. The third-order valence-corrected chi connectivity index (χ3v) is 5.01. The Hall–Kier alpha value is -1.10. The highest BCUT2D eigenvalue weighted by atomic mass is 16.4. The Balaban J connectivity index is 1.91. The minimum absolute atomic E-state index is 0.0870. The molecule has 0 bridgehead atoms. The molecule has 5 heteroatoms. The van der Waals surface area contributed by atoms with Gasteiger partial charge in [-0.25, -0.2) is 0 Å². The predicted octanol–water partition coefficient (Wildman–Crippen LogP) is 1.01. The molecule has 0 aromatic carbocycles. The van der Waals surface area contributed by atoms with Crippen LogP contribution in [0.3, 0.4) is 0 Å². The zero-order valence-electron chi connectivity index (χ0n) is 11.6. The summed E-state index contributed by atoms with van der Waals surface area (Å²) in [5.74, 6) is -2.11. The van der Waals surface area contributed by atoms with E-state index in [9.17, 15) is 14.7 Å². The number of nitrogens with one attached hydrogen (secondary N) is 1. The highest BCUT2D eigenvalue weighted by Crippen LogP contribution is 2.58. The van der Waals surface area contributed by atoms with Crippen molar-refractivity contribution >= 4 is 11.9 Å². The highest BCUT2D eigenvalue weighted by Gasteiger charge is 2.65. The molecule has 0 aromatic rings. The second kappa shape index (κ2) is 4.78. The summed E-state index contributed by atoms with van der Waals surface area (Å²) in [7, 11) is 0. The molecule has 108 valence electrons. The fourth-order valence-corrected chi connectivity index (χ4v) is 3.49. The van der Waals surface area contributed by atoms with E-state index in [1.807, 2.05) is 13.8 Å². The Kier molecular flexibility index (Phi) is 3.60. The number of aliphatic carboxylic acids is 1. The molecule has 0 aromatic heterocycles. The van der Waals surface area contributed by atoms with Crippen molar-refractivity contribution in [3.8, 4) is 0 Å². The average molecular weight is 269 g/mol.